The molecule has 0 fully saturated rings. The summed E-state index contributed by atoms with van der Waals surface area (Å²) in [6, 6.07) is 11.1. The number of nitrogens with zero attached hydrogens (tertiary/aromatic N) is 2. The van der Waals surface area contributed by atoms with E-state index in [2.05, 4.69) is 21.0 Å². The molecule has 1 heterocycles. The van der Waals surface area contributed by atoms with E-state index in [9.17, 15) is 8.78 Å². The van der Waals surface area contributed by atoms with Gasteiger partial charge >= 0.3 is 0 Å². The van der Waals surface area contributed by atoms with Crippen LogP contribution in [0.25, 0.3) is 16.8 Å². The zero-order chi connectivity index (χ0) is 14.1. The Bertz CT molecular complexity index is 751. The molecule has 3 aromatic rings. The van der Waals surface area contributed by atoms with Gasteiger partial charge in [0.05, 0.1) is 6.20 Å². The van der Waals surface area contributed by atoms with E-state index in [0.29, 0.717) is 0 Å². The fourth-order valence-corrected chi connectivity index (χ4v) is 2.18. The van der Waals surface area contributed by atoms with Gasteiger partial charge in [0, 0.05) is 22.3 Å². The summed E-state index contributed by atoms with van der Waals surface area (Å²) in [5, 5.41) is 4.12. The standard InChI is InChI=1S/C15H9BrF2N2/c16-12-3-1-10(2-4-12)11-8-19-20(9-11)15-6-5-13(17)7-14(15)18/h1-9H. The van der Waals surface area contributed by atoms with E-state index in [1.54, 1.807) is 12.4 Å². The molecule has 2 aromatic carbocycles. The Morgan fingerprint density at radius 2 is 1.70 bits per heavy atom. The molecule has 20 heavy (non-hydrogen) atoms. The highest BCUT2D eigenvalue weighted by atomic mass is 79.9. The molecule has 0 aliphatic heterocycles. The van der Waals surface area contributed by atoms with Crippen molar-refractivity contribution >= 4 is 15.9 Å². The van der Waals surface area contributed by atoms with Gasteiger partial charge in [0.25, 0.3) is 0 Å². The molecule has 0 spiro atoms. The molecule has 3 rings (SSSR count). The normalized spacial score (nSPS) is 10.8. The van der Waals surface area contributed by atoms with Crippen LogP contribution in [0.4, 0.5) is 8.78 Å². The van der Waals surface area contributed by atoms with Gasteiger partial charge in [0.2, 0.25) is 0 Å². The quantitative estimate of drug-likeness (QED) is 0.670. The van der Waals surface area contributed by atoms with Gasteiger partial charge < -0.3 is 0 Å². The zero-order valence-electron chi connectivity index (χ0n) is 10.2. The fourth-order valence-electron chi connectivity index (χ4n) is 1.91. The summed E-state index contributed by atoms with van der Waals surface area (Å²) in [6.45, 7) is 0. The third-order valence-electron chi connectivity index (χ3n) is 2.92. The van der Waals surface area contributed by atoms with Crippen LogP contribution in [0.3, 0.4) is 0 Å². The maximum atomic E-state index is 13.7. The molecule has 5 heteroatoms. The van der Waals surface area contributed by atoms with Crippen molar-refractivity contribution in [3.63, 3.8) is 0 Å². The Balaban J connectivity index is 1.99. The smallest absolute Gasteiger partial charge is 0.151 e. The maximum absolute atomic E-state index is 13.7. The largest absolute Gasteiger partial charge is 0.237 e. The lowest BCUT2D eigenvalue weighted by molar-refractivity contribution is 0.573. The van der Waals surface area contributed by atoms with Gasteiger partial charge in [0.1, 0.15) is 11.5 Å². The number of rotatable bonds is 2. The third-order valence-corrected chi connectivity index (χ3v) is 3.45. The summed E-state index contributed by atoms with van der Waals surface area (Å²) in [6.07, 6.45) is 3.35. The predicted octanol–water partition coefficient (Wildman–Crippen LogP) is 4.58. The van der Waals surface area contributed by atoms with Crippen molar-refractivity contribution in [1.82, 2.24) is 9.78 Å². The van der Waals surface area contributed by atoms with E-state index in [4.69, 9.17) is 0 Å². The van der Waals surface area contributed by atoms with E-state index >= 15 is 0 Å². The van der Waals surface area contributed by atoms with E-state index in [0.717, 1.165) is 21.7 Å². The van der Waals surface area contributed by atoms with Crippen LogP contribution in [-0.2, 0) is 0 Å². The SMILES string of the molecule is Fc1ccc(-n2cc(-c3ccc(Br)cc3)cn2)c(F)c1. The first-order valence-corrected chi connectivity index (χ1v) is 6.69. The Kier molecular flexibility index (Phi) is 3.36. The molecule has 100 valence electrons. The van der Waals surface area contributed by atoms with Crippen LogP contribution in [-0.4, -0.2) is 9.78 Å². The third kappa shape index (κ3) is 2.49. The first kappa shape index (κ1) is 13.0. The molecule has 0 bridgehead atoms. The van der Waals surface area contributed by atoms with E-state index in [-0.39, 0.29) is 5.69 Å². The van der Waals surface area contributed by atoms with Crippen molar-refractivity contribution in [1.29, 1.82) is 0 Å². The highest BCUT2D eigenvalue weighted by Crippen LogP contribution is 2.23. The zero-order valence-corrected chi connectivity index (χ0v) is 11.8. The Morgan fingerprint density at radius 3 is 2.40 bits per heavy atom. The average Bonchev–Trinajstić information content (AvgIpc) is 2.89. The van der Waals surface area contributed by atoms with Gasteiger partial charge in [-0.2, -0.15) is 5.10 Å². The minimum absolute atomic E-state index is 0.217. The van der Waals surface area contributed by atoms with Crippen LogP contribution in [0.5, 0.6) is 0 Å². The Hall–Kier alpha value is -2.01. The van der Waals surface area contributed by atoms with Crippen molar-refractivity contribution in [2.24, 2.45) is 0 Å². The van der Waals surface area contributed by atoms with Crippen molar-refractivity contribution in [3.8, 4) is 16.8 Å². The molecule has 0 aliphatic carbocycles. The van der Waals surface area contributed by atoms with Gasteiger partial charge in [-0.1, -0.05) is 28.1 Å². The van der Waals surface area contributed by atoms with Gasteiger partial charge in [-0.05, 0) is 29.8 Å². The lowest BCUT2D eigenvalue weighted by Gasteiger charge is -2.02. The van der Waals surface area contributed by atoms with E-state index in [1.165, 1.54) is 16.8 Å². The van der Waals surface area contributed by atoms with Crippen LogP contribution in [0.2, 0.25) is 0 Å². The molecule has 0 N–H and O–H groups in total. The average molecular weight is 335 g/mol. The van der Waals surface area contributed by atoms with E-state index < -0.39 is 11.6 Å². The second-order valence-corrected chi connectivity index (χ2v) is 5.19. The predicted molar refractivity (Wildman–Crippen MR) is 76.6 cm³/mol. The first-order valence-electron chi connectivity index (χ1n) is 5.89. The summed E-state index contributed by atoms with van der Waals surface area (Å²) < 4.78 is 29.0. The molecule has 2 nitrogen and oxygen atoms in total. The number of benzene rings is 2. The molecular weight excluding hydrogens is 326 g/mol. The van der Waals surface area contributed by atoms with Crippen LogP contribution in [0.15, 0.2) is 59.3 Å². The number of hydrogen-bond donors (Lipinski definition) is 0. The summed E-state index contributed by atoms with van der Waals surface area (Å²) in [5.74, 6) is -1.25. The molecule has 0 aliphatic rings. The minimum atomic E-state index is -0.643. The monoisotopic (exact) mass is 334 g/mol. The Morgan fingerprint density at radius 1 is 0.950 bits per heavy atom. The summed E-state index contributed by atoms with van der Waals surface area (Å²) in [7, 11) is 0. The van der Waals surface area contributed by atoms with Crippen molar-refractivity contribution in [2.75, 3.05) is 0 Å². The summed E-state index contributed by atoms with van der Waals surface area (Å²) >= 11 is 3.37. The van der Waals surface area contributed by atoms with Gasteiger partial charge in [-0.3, -0.25) is 0 Å². The van der Waals surface area contributed by atoms with Crippen LogP contribution in [0, 0.1) is 11.6 Å². The highest BCUT2D eigenvalue weighted by Gasteiger charge is 2.08. The fraction of sp³-hybridized carbons (Fsp3) is 0. The van der Waals surface area contributed by atoms with Gasteiger partial charge in [0.15, 0.2) is 5.82 Å². The molecule has 0 unspecified atom stereocenters. The lowest BCUT2D eigenvalue weighted by atomic mass is 10.1. The summed E-state index contributed by atoms with van der Waals surface area (Å²) in [4.78, 5) is 0. The minimum Gasteiger partial charge on any atom is -0.237 e. The van der Waals surface area contributed by atoms with Gasteiger partial charge in [-0.25, -0.2) is 13.5 Å². The second kappa shape index (κ2) is 5.17. The molecule has 0 amide bonds. The van der Waals surface area contributed by atoms with E-state index in [1.807, 2.05) is 24.3 Å². The Labute approximate surface area is 122 Å². The molecule has 0 saturated carbocycles. The van der Waals surface area contributed by atoms with Crippen LogP contribution < -0.4 is 0 Å². The topological polar surface area (TPSA) is 17.8 Å². The number of hydrogen-bond acceptors (Lipinski definition) is 1. The molecular formula is C15H9BrF2N2. The lowest BCUT2D eigenvalue weighted by Crippen LogP contribution is -1.98. The summed E-state index contributed by atoms with van der Waals surface area (Å²) in [5.41, 5.74) is 2.05. The van der Waals surface area contributed by atoms with Gasteiger partial charge in [-0.15, -0.1) is 0 Å². The van der Waals surface area contributed by atoms with Crippen molar-refractivity contribution in [3.05, 3.63) is 71.0 Å². The number of halogens is 3. The maximum Gasteiger partial charge on any atom is 0.151 e. The second-order valence-electron chi connectivity index (χ2n) is 4.28. The molecule has 0 saturated heterocycles. The number of aromatic nitrogens is 2. The van der Waals surface area contributed by atoms with Crippen molar-refractivity contribution < 1.29 is 8.78 Å². The van der Waals surface area contributed by atoms with Crippen molar-refractivity contribution in [2.45, 2.75) is 0 Å². The molecule has 1 aromatic heterocycles. The molecule has 0 radical (unpaired) electrons. The van der Waals surface area contributed by atoms with Crippen LogP contribution >= 0.6 is 15.9 Å². The highest BCUT2D eigenvalue weighted by molar-refractivity contribution is 9.10. The first-order chi connectivity index (χ1) is 9.63. The van der Waals surface area contributed by atoms with Crippen LogP contribution in [0.1, 0.15) is 0 Å². The molecule has 0 atom stereocenters.